The van der Waals surface area contributed by atoms with Crippen molar-refractivity contribution in [2.24, 2.45) is 0 Å². The number of allylic oxidation sites excluding steroid dienone is 12. The van der Waals surface area contributed by atoms with E-state index in [1.807, 2.05) is 0 Å². The van der Waals surface area contributed by atoms with E-state index in [4.69, 9.17) is 14.2 Å². The molecule has 4 N–H and O–H groups in total. The SMILES string of the molecule is CCC=CCC=CCC=CCC=CCC=CCCCC(=O)NCCNCCNC(=O)Oc1ccc(C=CC(=O)CC(=O)C=Cc2ccc(O)c(OC)c2)cc1OC. The molecule has 0 bridgehead atoms. The van der Waals surface area contributed by atoms with Crippen LogP contribution in [0.3, 0.4) is 0 Å². The molecule has 0 saturated carbocycles. The van der Waals surface area contributed by atoms with Gasteiger partial charge in [-0.2, -0.15) is 0 Å². The molecule has 0 heterocycles. The summed E-state index contributed by atoms with van der Waals surface area (Å²) in [6, 6.07) is 9.45. The molecular weight excluding hydrogens is 723 g/mol. The van der Waals surface area contributed by atoms with Crippen molar-refractivity contribution in [2.45, 2.75) is 64.7 Å². The lowest BCUT2D eigenvalue weighted by Gasteiger charge is -2.11. The van der Waals surface area contributed by atoms with Crippen molar-refractivity contribution < 1.29 is 38.5 Å². The van der Waals surface area contributed by atoms with E-state index < -0.39 is 11.9 Å². The Balaban J connectivity index is 1.55. The van der Waals surface area contributed by atoms with Crippen molar-refractivity contribution >= 4 is 35.7 Å². The predicted octanol–water partition coefficient (Wildman–Crippen LogP) is 8.38. The first-order valence-electron chi connectivity index (χ1n) is 19.4. The van der Waals surface area contributed by atoms with Gasteiger partial charge in [-0.3, -0.25) is 14.4 Å². The first kappa shape index (κ1) is 47.2. The number of ketones is 2. The minimum atomic E-state index is -0.660. The van der Waals surface area contributed by atoms with Crippen LogP contribution in [0.4, 0.5) is 4.79 Å². The number of ether oxygens (including phenoxy) is 3. The number of hydrogen-bond acceptors (Lipinski definition) is 9. The van der Waals surface area contributed by atoms with Crippen molar-refractivity contribution in [3.05, 3.63) is 120 Å². The van der Waals surface area contributed by atoms with Crippen LogP contribution in [-0.4, -0.2) is 69.1 Å². The molecule has 0 atom stereocenters. The molecule has 0 spiro atoms. The van der Waals surface area contributed by atoms with E-state index in [0.29, 0.717) is 43.7 Å². The summed E-state index contributed by atoms with van der Waals surface area (Å²) in [7, 11) is 2.86. The van der Waals surface area contributed by atoms with Gasteiger partial charge >= 0.3 is 6.09 Å². The molecule has 0 saturated heterocycles. The highest BCUT2D eigenvalue weighted by molar-refractivity contribution is 6.10. The van der Waals surface area contributed by atoms with Crippen molar-refractivity contribution in [2.75, 3.05) is 40.4 Å². The molecule has 0 fully saturated rings. The summed E-state index contributed by atoms with van der Waals surface area (Å²) in [5.74, 6) is -0.0169. The molecular formula is C46H59N3O8. The number of phenols is 1. The Labute approximate surface area is 337 Å². The van der Waals surface area contributed by atoms with Gasteiger partial charge in [0.1, 0.15) is 0 Å². The van der Waals surface area contributed by atoms with Crippen LogP contribution >= 0.6 is 0 Å². The number of methoxy groups -OCH3 is 2. The molecule has 2 amide bonds. The van der Waals surface area contributed by atoms with E-state index in [9.17, 15) is 24.3 Å². The Morgan fingerprint density at radius 1 is 0.632 bits per heavy atom. The summed E-state index contributed by atoms with van der Waals surface area (Å²) in [4.78, 5) is 49.1. The van der Waals surface area contributed by atoms with E-state index >= 15 is 0 Å². The Morgan fingerprint density at radius 2 is 1.16 bits per heavy atom. The second kappa shape index (κ2) is 30.3. The lowest BCUT2D eigenvalue weighted by Crippen LogP contribution is -2.37. The number of phenolic OH excluding ortho intramolecular Hbond substituents is 1. The summed E-state index contributed by atoms with van der Waals surface area (Å²) in [6.45, 7) is 3.97. The molecule has 0 aromatic heterocycles. The molecule has 0 aliphatic rings. The van der Waals surface area contributed by atoms with Gasteiger partial charge in [-0.15, -0.1) is 0 Å². The maximum absolute atomic E-state index is 12.4. The topological polar surface area (TPSA) is 152 Å². The zero-order valence-electron chi connectivity index (χ0n) is 33.5. The highest BCUT2D eigenvalue weighted by atomic mass is 16.6. The largest absolute Gasteiger partial charge is 0.504 e. The standard InChI is InChI=1S/C46H59N3O8/c1-4-5-6-7-8-9-10-11-12-13-14-15-16-17-18-19-20-21-45(53)48-32-30-47-31-33-49-46(54)57-42-29-25-38(35-44(42)56-3)23-27-40(51)36-39(50)26-22-37-24-28-41(52)43(34-37)55-2/h5-6,8-9,11-12,14-15,17-18,22-29,34-35,47,52H,4,7,10,13,16,19-21,30-33,36H2,1-3H3,(H,48,53)(H,49,54). The van der Waals surface area contributed by atoms with Crippen LogP contribution in [0.2, 0.25) is 0 Å². The number of carbonyl (C=O) groups excluding carboxylic acids is 4. The van der Waals surface area contributed by atoms with Gasteiger partial charge in [0.05, 0.1) is 20.6 Å². The van der Waals surface area contributed by atoms with Crippen molar-refractivity contribution in [1.29, 1.82) is 0 Å². The number of benzene rings is 2. The van der Waals surface area contributed by atoms with Crippen LogP contribution in [0.5, 0.6) is 23.0 Å². The van der Waals surface area contributed by atoms with Crippen molar-refractivity contribution in [1.82, 2.24) is 16.0 Å². The fraction of sp³-hybridized carbons (Fsp3) is 0.348. The molecule has 0 aliphatic heterocycles. The number of hydrogen-bond donors (Lipinski definition) is 4. The number of carbonyl (C=O) groups is 4. The first-order valence-corrected chi connectivity index (χ1v) is 19.4. The Hall–Kier alpha value is -5.94. The normalized spacial score (nSPS) is 11.9. The number of nitrogens with one attached hydrogen (secondary N) is 3. The minimum Gasteiger partial charge on any atom is -0.504 e. The van der Waals surface area contributed by atoms with Crippen LogP contribution in [0.25, 0.3) is 12.2 Å². The highest BCUT2D eigenvalue weighted by Gasteiger charge is 2.11. The Bertz CT molecular complexity index is 1750. The number of rotatable bonds is 28. The number of amides is 2. The van der Waals surface area contributed by atoms with Crippen LogP contribution < -0.4 is 30.2 Å². The summed E-state index contributed by atoms with van der Waals surface area (Å²) >= 11 is 0. The highest BCUT2D eigenvalue weighted by Crippen LogP contribution is 2.29. The fourth-order valence-electron chi connectivity index (χ4n) is 4.98. The third-order valence-corrected chi connectivity index (χ3v) is 7.99. The summed E-state index contributed by atoms with van der Waals surface area (Å²) in [5, 5.41) is 18.4. The van der Waals surface area contributed by atoms with Crippen molar-refractivity contribution in [3.63, 3.8) is 0 Å². The van der Waals surface area contributed by atoms with Crippen LogP contribution in [0, 0.1) is 0 Å². The molecule has 0 radical (unpaired) electrons. The molecule has 306 valence electrons. The minimum absolute atomic E-state index is 0.0139. The van der Waals surface area contributed by atoms with Gasteiger partial charge < -0.3 is 35.3 Å². The van der Waals surface area contributed by atoms with E-state index in [1.165, 1.54) is 44.6 Å². The third-order valence-electron chi connectivity index (χ3n) is 7.99. The summed E-state index contributed by atoms with van der Waals surface area (Å²) in [6.07, 6.45) is 33.4. The predicted molar refractivity (Wildman–Crippen MR) is 229 cm³/mol. The van der Waals surface area contributed by atoms with Crippen LogP contribution in [-0.2, 0) is 14.4 Å². The molecule has 0 unspecified atom stereocenters. The lowest BCUT2D eigenvalue weighted by molar-refractivity contribution is -0.122. The lowest BCUT2D eigenvalue weighted by atomic mass is 10.1. The van der Waals surface area contributed by atoms with E-state index in [0.717, 1.165) is 44.9 Å². The zero-order chi connectivity index (χ0) is 41.4. The molecule has 2 aromatic carbocycles. The molecule has 11 nitrogen and oxygen atoms in total. The molecule has 2 rings (SSSR count). The number of aromatic hydroxyl groups is 1. The van der Waals surface area contributed by atoms with Gasteiger partial charge in [-0.25, -0.2) is 4.79 Å². The monoisotopic (exact) mass is 781 g/mol. The molecule has 11 heteroatoms. The van der Waals surface area contributed by atoms with E-state index in [2.05, 4.69) is 83.6 Å². The maximum atomic E-state index is 12.4. The van der Waals surface area contributed by atoms with E-state index in [-0.39, 0.29) is 41.1 Å². The second-order valence-corrected chi connectivity index (χ2v) is 12.6. The van der Waals surface area contributed by atoms with Gasteiger partial charge in [0.15, 0.2) is 34.6 Å². The smallest absolute Gasteiger partial charge is 0.412 e. The Kier molecular flexibility index (Phi) is 25.1. The van der Waals surface area contributed by atoms with Gasteiger partial charge in [-0.05, 0) is 92.5 Å². The first-order chi connectivity index (χ1) is 27.7. The van der Waals surface area contributed by atoms with Gasteiger partial charge in [0, 0.05) is 32.6 Å². The molecule has 57 heavy (non-hydrogen) atoms. The molecule has 2 aromatic rings. The quantitative estimate of drug-likeness (QED) is 0.0289. The number of unbranched alkanes of at least 4 members (excludes halogenated alkanes) is 1. The van der Waals surface area contributed by atoms with Gasteiger partial charge in [0.25, 0.3) is 0 Å². The fourth-order valence-corrected chi connectivity index (χ4v) is 4.98. The van der Waals surface area contributed by atoms with Crippen LogP contribution in [0.15, 0.2) is 109 Å². The summed E-state index contributed by atoms with van der Waals surface area (Å²) < 4.78 is 15.8. The summed E-state index contributed by atoms with van der Waals surface area (Å²) in [5.41, 5.74) is 1.24. The Morgan fingerprint density at radius 3 is 1.74 bits per heavy atom. The average molecular weight is 782 g/mol. The third kappa shape index (κ3) is 22.9. The maximum Gasteiger partial charge on any atom is 0.412 e. The van der Waals surface area contributed by atoms with Crippen LogP contribution in [0.1, 0.15) is 75.8 Å². The second-order valence-electron chi connectivity index (χ2n) is 12.6. The van der Waals surface area contributed by atoms with Gasteiger partial charge in [-0.1, -0.05) is 92.0 Å². The van der Waals surface area contributed by atoms with Gasteiger partial charge in [0.2, 0.25) is 5.91 Å². The van der Waals surface area contributed by atoms with E-state index in [1.54, 1.807) is 30.3 Å². The average Bonchev–Trinajstić information content (AvgIpc) is 3.20. The molecule has 0 aliphatic carbocycles. The zero-order valence-corrected chi connectivity index (χ0v) is 33.5. The van der Waals surface area contributed by atoms with Crippen molar-refractivity contribution in [3.8, 4) is 23.0 Å².